The lowest BCUT2D eigenvalue weighted by Gasteiger charge is -2.13. The second kappa shape index (κ2) is 7.10. The molecule has 20 heavy (non-hydrogen) atoms. The molecule has 1 aromatic heterocycles. The molecule has 2 aromatic rings. The number of aromatic nitrogens is 2. The summed E-state index contributed by atoms with van der Waals surface area (Å²) in [4.78, 5) is 8.12. The van der Waals surface area contributed by atoms with Crippen LogP contribution < -0.4 is 9.47 Å². The van der Waals surface area contributed by atoms with E-state index < -0.39 is 0 Å². The van der Waals surface area contributed by atoms with E-state index in [0.29, 0.717) is 35.6 Å². The minimum absolute atomic E-state index is 0.421. The van der Waals surface area contributed by atoms with Gasteiger partial charge in [-0.05, 0) is 25.0 Å². The Morgan fingerprint density at radius 1 is 1.10 bits per heavy atom. The van der Waals surface area contributed by atoms with Crippen LogP contribution in [0.3, 0.4) is 0 Å². The first-order valence-electron chi connectivity index (χ1n) is 6.65. The smallest absolute Gasteiger partial charge is 0.227 e. The lowest BCUT2D eigenvalue weighted by atomic mass is 10.2. The van der Waals surface area contributed by atoms with Gasteiger partial charge in [0, 0.05) is 0 Å². The highest BCUT2D eigenvalue weighted by Gasteiger charge is 2.12. The fourth-order valence-corrected chi connectivity index (χ4v) is 1.99. The number of hydrogen-bond acceptors (Lipinski definition) is 4. The van der Waals surface area contributed by atoms with Gasteiger partial charge in [-0.25, -0.2) is 9.97 Å². The summed E-state index contributed by atoms with van der Waals surface area (Å²) < 4.78 is 11.5. The van der Waals surface area contributed by atoms with Crippen LogP contribution in [-0.2, 0) is 6.42 Å². The quantitative estimate of drug-likeness (QED) is 0.746. The van der Waals surface area contributed by atoms with Crippen LogP contribution in [0, 0.1) is 0 Å². The van der Waals surface area contributed by atoms with Crippen LogP contribution in [0.2, 0.25) is 5.15 Å². The van der Waals surface area contributed by atoms with Crippen molar-refractivity contribution in [2.24, 2.45) is 0 Å². The van der Waals surface area contributed by atoms with Gasteiger partial charge in [0.1, 0.15) is 11.5 Å². The lowest BCUT2D eigenvalue weighted by molar-refractivity contribution is 0.300. The maximum absolute atomic E-state index is 6.06. The van der Waals surface area contributed by atoms with Crippen molar-refractivity contribution in [1.82, 2.24) is 9.97 Å². The third-order valence-corrected chi connectivity index (χ3v) is 3.05. The predicted octanol–water partition coefficient (Wildman–Crippen LogP) is 4.27. The van der Waals surface area contributed by atoms with E-state index >= 15 is 0 Å². The minimum atomic E-state index is 0.421. The van der Waals surface area contributed by atoms with E-state index in [1.807, 2.05) is 31.2 Å². The molecule has 0 N–H and O–H groups in total. The van der Waals surface area contributed by atoms with Crippen molar-refractivity contribution in [2.75, 3.05) is 6.61 Å². The molecule has 0 aliphatic rings. The second-order valence-electron chi connectivity index (χ2n) is 4.20. The Hall–Kier alpha value is -1.81. The molecule has 0 aliphatic carbocycles. The maximum atomic E-state index is 6.06. The Labute approximate surface area is 123 Å². The monoisotopic (exact) mass is 292 g/mol. The lowest BCUT2D eigenvalue weighted by Crippen LogP contribution is -2.00. The molecule has 1 heterocycles. The van der Waals surface area contributed by atoms with Crippen LogP contribution in [0.5, 0.6) is 17.4 Å². The molecule has 0 radical (unpaired) electrons. The number of hydrogen-bond donors (Lipinski definition) is 0. The Balaban J connectivity index is 2.28. The Morgan fingerprint density at radius 3 is 2.55 bits per heavy atom. The zero-order chi connectivity index (χ0) is 14.4. The number of nitrogens with zero attached hydrogens (tertiary/aromatic N) is 2. The van der Waals surface area contributed by atoms with Crippen molar-refractivity contribution in [3.63, 3.8) is 0 Å². The van der Waals surface area contributed by atoms with E-state index in [-0.39, 0.29) is 0 Å². The van der Waals surface area contributed by atoms with Crippen molar-refractivity contribution in [1.29, 1.82) is 0 Å². The highest BCUT2D eigenvalue weighted by Crippen LogP contribution is 2.33. The normalized spacial score (nSPS) is 10.3. The molecule has 4 nitrogen and oxygen atoms in total. The van der Waals surface area contributed by atoms with Crippen LogP contribution in [0.25, 0.3) is 0 Å². The van der Waals surface area contributed by atoms with Gasteiger partial charge in [-0.3, -0.25) is 0 Å². The van der Waals surface area contributed by atoms with E-state index in [1.54, 1.807) is 0 Å². The van der Waals surface area contributed by atoms with Gasteiger partial charge in [0.05, 0.1) is 12.2 Å². The van der Waals surface area contributed by atoms with Crippen LogP contribution in [0.1, 0.15) is 25.8 Å². The fourth-order valence-electron chi connectivity index (χ4n) is 1.73. The SMILES string of the molecule is CCCOc1ccccc1Oc1ncnc(Cl)c1CC. The molecule has 0 aliphatic heterocycles. The highest BCUT2D eigenvalue weighted by atomic mass is 35.5. The topological polar surface area (TPSA) is 44.2 Å². The zero-order valence-electron chi connectivity index (χ0n) is 11.6. The molecule has 0 bridgehead atoms. The third kappa shape index (κ3) is 3.39. The molecule has 2 rings (SSSR count). The average molecular weight is 293 g/mol. The van der Waals surface area contributed by atoms with E-state index in [4.69, 9.17) is 21.1 Å². The summed E-state index contributed by atoms with van der Waals surface area (Å²) in [6.45, 7) is 4.69. The Kier molecular flexibility index (Phi) is 5.18. The first kappa shape index (κ1) is 14.6. The largest absolute Gasteiger partial charge is 0.490 e. The number of ether oxygens (including phenoxy) is 2. The summed E-state index contributed by atoms with van der Waals surface area (Å²) in [7, 11) is 0. The first-order valence-corrected chi connectivity index (χ1v) is 7.03. The van der Waals surface area contributed by atoms with Gasteiger partial charge >= 0.3 is 0 Å². The predicted molar refractivity (Wildman–Crippen MR) is 78.7 cm³/mol. The molecule has 0 atom stereocenters. The van der Waals surface area contributed by atoms with Crippen LogP contribution in [0.15, 0.2) is 30.6 Å². The van der Waals surface area contributed by atoms with E-state index in [2.05, 4.69) is 16.9 Å². The molecule has 0 unspecified atom stereocenters. The van der Waals surface area contributed by atoms with E-state index in [0.717, 1.165) is 12.0 Å². The third-order valence-electron chi connectivity index (χ3n) is 2.72. The highest BCUT2D eigenvalue weighted by molar-refractivity contribution is 6.30. The summed E-state index contributed by atoms with van der Waals surface area (Å²) in [5.41, 5.74) is 0.791. The van der Waals surface area contributed by atoms with Gasteiger partial charge in [0.25, 0.3) is 0 Å². The van der Waals surface area contributed by atoms with Gasteiger partial charge in [-0.1, -0.05) is 37.6 Å². The summed E-state index contributed by atoms with van der Waals surface area (Å²) in [6.07, 6.45) is 3.03. The van der Waals surface area contributed by atoms with E-state index in [9.17, 15) is 0 Å². The van der Waals surface area contributed by atoms with Crippen LogP contribution in [-0.4, -0.2) is 16.6 Å². The number of halogens is 1. The molecule has 1 aromatic carbocycles. The van der Waals surface area contributed by atoms with Gasteiger partial charge in [-0.2, -0.15) is 0 Å². The summed E-state index contributed by atoms with van der Waals surface area (Å²) >= 11 is 6.06. The Bertz CT molecular complexity index is 576. The van der Waals surface area contributed by atoms with E-state index in [1.165, 1.54) is 6.33 Å². The molecule has 0 fully saturated rings. The first-order chi connectivity index (χ1) is 9.76. The summed E-state index contributed by atoms with van der Waals surface area (Å²) in [5, 5.41) is 0.421. The molecule has 0 saturated heterocycles. The zero-order valence-corrected chi connectivity index (χ0v) is 12.4. The number of rotatable bonds is 6. The molecule has 0 saturated carbocycles. The second-order valence-corrected chi connectivity index (χ2v) is 4.56. The fraction of sp³-hybridized carbons (Fsp3) is 0.333. The van der Waals surface area contributed by atoms with Gasteiger partial charge in [0.2, 0.25) is 5.88 Å². The van der Waals surface area contributed by atoms with Crippen LogP contribution >= 0.6 is 11.6 Å². The molecular weight excluding hydrogens is 276 g/mol. The summed E-state index contributed by atoms with van der Waals surface area (Å²) in [5.74, 6) is 1.80. The van der Waals surface area contributed by atoms with Crippen LogP contribution in [0.4, 0.5) is 0 Å². The summed E-state index contributed by atoms with van der Waals surface area (Å²) in [6, 6.07) is 7.52. The maximum Gasteiger partial charge on any atom is 0.227 e. The average Bonchev–Trinajstić information content (AvgIpc) is 2.47. The minimum Gasteiger partial charge on any atom is -0.490 e. The van der Waals surface area contributed by atoms with Gasteiger partial charge < -0.3 is 9.47 Å². The molecule has 0 spiro atoms. The van der Waals surface area contributed by atoms with Crippen molar-refractivity contribution < 1.29 is 9.47 Å². The number of benzene rings is 1. The van der Waals surface area contributed by atoms with Crippen molar-refractivity contribution >= 4 is 11.6 Å². The number of para-hydroxylation sites is 2. The van der Waals surface area contributed by atoms with Gasteiger partial charge in [0.15, 0.2) is 11.5 Å². The van der Waals surface area contributed by atoms with Gasteiger partial charge in [-0.15, -0.1) is 0 Å². The van der Waals surface area contributed by atoms with Crippen molar-refractivity contribution in [2.45, 2.75) is 26.7 Å². The molecule has 106 valence electrons. The molecule has 5 heteroatoms. The molecular formula is C15H17ClN2O2. The van der Waals surface area contributed by atoms with Crippen molar-refractivity contribution in [3.8, 4) is 17.4 Å². The standard InChI is InChI=1S/C15H17ClN2O2/c1-3-9-19-12-7-5-6-8-13(12)20-15-11(4-2)14(16)17-10-18-15/h5-8,10H,3-4,9H2,1-2H3. The Morgan fingerprint density at radius 2 is 1.85 bits per heavy atom. The van der Waals surface area contributed by atoms with Crippen molar-refractivity contribution in [3.05, 3.63) is 41.3 Å². The molecule has 0 amide bonds.